The fourth-order valence-electron chi connectivity index (χ4n) is 1.76. The third-order valence-electron chi connectivity index (χ3n) is 2.54. The SMILES string of the molecule is Nc1nc2cc(Br)ccc2n1Cc1cncs1. The highest BCUT2D eigenvalue weighted by atomic mass is 79.9. The Labute approximate surface area is 110 Å². The zero-order valence-corrected chi connectivity index (χ0v) is 11.2. The van der Waals surface area contributed by atoms with Gasteiger partial charge in [-0.25, -0.2) is 4.98 Å². The highest BCUT2D eigenvalue weighted by molar-refractivity contribution is 9.10. The van der Waals surface area contributed by atoms with E-state index < -0.39 is 0 Å². The van der Waals surface area contributed by atoms with E-state index in [1.54, 1.807) is 11.3 Å². The van der Waals surface area contributed by atoms with Crippen molar-refractivity contribution in [2.45, 2.75) is 6.54 Å². The lowest BCUT2D eigenvalue weighted by molar-refractivity contribution is 0.850. The van der Waals surface area contributed by atoms with Gasteiger partial charge in [0.2, 0.25) is 5.95 Å². The molecule has 17 heavy (non-hydrogen) atoms. The van der Waals surface area contributed by atoms with Gasteiger partial charge in [-0.15, -0.1) is 11.3 Å². The zero-order valence-electron chi connectivity index (χ0n) is 8.80. The van der Waals surface area contributed by atoms with Gasteiger partial charge in [0.15, 0.2) is 0 Å². The number of anilines is 1. The summed E-state index contributed by atoms with van der Waals surface area (Å²) in [7, 11) is 0. The summed E-state index contributed by atoms with van der Waals surface area (Å²) in [6.07, 6.45) is 1.86. The normalized spacial score (nSPS) is 11.1. The Kier molecular flexibility index (Phi) is 2.60. The Balaban J connectivity index is 2.12. The Morgan fingerprint density at radius 3 is 3.06 bits per heavy atom. The van der Waals surface area contributed by atoms with Crippen molar-refractivity contribution in [3.05, 3.63) is 39.3 Å². The second-order valence-electron chi connectivity index (χ2n) is 3.66. The van der Waals surface area contributed by atoms with E-state index >= 15 is 0 Å². The molecule has 1 aromatic carbocycles. The van der Waals surface area contributed by atoms with Gasteiger partial charge in [-0.05, 0) is 18.2 Å². The van der Waals surface area contributed by atoms with Crippen molar-refractivity contribution in [3.8, 4) is 0 Å². The molecule has 0 aliphatic carbocycles. The summed E-state index contributed by atoms with van der Waals surface area (Å²) in [5.41, 5.74) is 9.71. The molecule has 0 aliphatic rings. The first kappa shape index (κ1) is 10.7. The molecule has 0 aliphatic heterocycles. The fraction of sp³-hybridized carbons (Fsp3) is 0.0909. The van der Waals surface area contributed by atoms with E-state index in [4.69, 9.17) is 5.73 Å². The van der Waals surface area contributed by atoms with Crippen LogP contribution < -0.4 is 5.73 Å². The molecule has 0 atom stereocenters. The molecule has 0 saturated heterocycles. The summed E-state index contributed by atoms with van der Waals surface area (Å²) in [5.74, 6) is 0.534. The van der Waals surface area contributed by atoms with Gasteiger partial charge >= 0.3 is 0 Å². The van der Waals surface area contributed by atoms with Crippen molar-refractivity contribution in [2.24, 2.45) is 0 Å². The quantitative estimate of drug-likeness (QED) is 0.792. The predicted octanol–water partition coefficient (Wildman–Crippen LogP) is 2.89. The number of hydrogen-bond acceptors (Lipinski definition) is 4. The highest BCUT2D eigenvalue weighted by Crippen LogP contribution is 2.23. The number of benzene rings is 1. The molecule has 3 aromatic rings. The molecule has 6 heteroatoms. The molecule has 0 fully saturated rings. The minimum atomic E-state index is 0.534. The van der Waals surface area contributed by atoms with Crippen LogP contribution in [0.1, 0.15) is 4.88 Å². The third-order valence-corrected chi connectivity index (χ3v) is 3.79. The van der Waals surface area contributed by atoms with E-state index in [1.807, 2.05) is 34.5 Å². The van der Waals surface area contributed by atoms with Crippen LogP contribution in [-0.4, -0.2) is 14.5 Å². The number of thiazole rings is 1. The Bertz CT molecular complexity index is 659. The summed E-state index contributed by atoms with van der Waals surface area (Å²) in [6, 6.07) is 5.98. The average Bonchev–Trinajstić information content (AvgIpc) is 2.88. The first-order chi connectivity index (χ1) is 8.24. The standard InChI is InChI=1S/C11H9BrN4S/c12-7-1-2-10-9(3-7)15-11(13)16(10)5-8-4-14-6-17-8/h1-4,6H,5H2,(H2,13,15). The van der Waals surface area contributed by atoms with Gasteiger partial charge in [-0.3, -0.25) is 4.98 Å². The van der Waals surface area contributed by atoms with Crippen LogP contribution in [0.5, 0.6) is 0 Å². The van der Waals surface area contributed by atoms with Crippen LogP contribution >= 0.6 is 27.3 Å². The molecular weight excluding hydrogens is 300 g/mol. The van der Waals surface area contributed by atoms with Crippen molar-refractivity contribution < 1.29 is 0 Å². The minimum absolute atomic E-state index is 0.534. The molecule has 4 nitrogen and oxygen atoms in total. The minimum Gasteiger partial charge on any atom is -0.369 e. The molecule has 0 spiro atoms. The van der Waals surface area contributed by atoms with Crippen molar-refractivity contribution in [1.82, 2.24) is 14.5 Å². The van der Waals surface area contributed by atoms with E-state index in [9.17, 15) is 0 Å². The number of hydrogen-bond donors (Lipinski definition) is 1. The van der Waals surface area contributed by atoms with Gasteiger partial charge in [0.1, 0.15) is 0 Å². The van der Waals surface area contributed by atoms with Crippen molar-refractivity contribution >= 4 is 44.2 Å². The van der Waals surface area contributed by atoms with Gasteiger partial charge in [-0.1, -0.05) is 15.9 Å². The number of halogens is 1. The molecule has 0 amide bonds. The topological polar surface area (TPSA) is 56.7 Å². The molecule has 3 rings (SSSR count). The molecule has 2 aromatic heterocycles. The van der Waals surface area contributed by atoms with Crippen LogP contribution in [0.25, 0.3) is 11.0 Å². The number of fused-ring (bicyclic) bond motifs is 1. The molecule has 0 radical (unpaired) electrons. The molecule has 86 valence electrons. The summed E-state index contributed by atoms with van der Waals surface area (Å²) in [6.45, 7) is 0.717. The van der Waals surface area contributed by atoms with Crippen LogP contribution in [0, 0.1) is 0 Å². The van der Waals surface area contributed by atoms with Crippen molar-refractivity contribution in [3.63, 3.8) is 0 Å². The first-order valence-corrected chi connectivity index (χ1v) is 6.70. The molecule has 0 unspecified atom stereocenters. The first-order valence-electron chi connectivity index (χ1n) is 5.02. The average molecular weight is 309 g/mol. The maximum atomic E-state index is 5.94. The van der Waals surface area contributed by atoms with Gasteiger partial charge < -0.3 is 10.3 Å². The van der Waals surface area contributed by atoms with E-state index in [-0.39, 0.29) is 0 Å². The number of nitrogen functional groups attached to an aromatic ring is 1. The Morgan fingerprint density at radius 1 is 1.41 bits per heavy atom. The second kappa shape index (κ2) is 4.12. The number of nitrogens with two attached hydrogens (primary N) is 1. The third kappa shape index (κ3) is 1.94. The summed E-state index contributed by atoms with van der Waals surface area (Å²) < 4.78 is 3.00. The largest absolute Gasteiger partial charge is 0.369 e. The van der Waals surface area contributed by atoms with E-state index in [1.165, 1.54) is 4.88 Å². The maximum Gasteiger partial charge on any atom is 0.201 e. The van der Waals surface area contributed by atoms with Crippen LogP contribution in [0.4, 0.5) is 5.95 Å². The van der Waals surface area contributed by atoms with Crippen molar-refractivity contribution in [2.75, 3.05) is 5.73 Å². The molecule has 0 saturated carbocycles. The van der Waals surface area contributed by atoms with Gasteiger partial charge in [0, 0.05) is 15.5 Å². The van der Waals surface area contributed by atoms with Crippen LogP contribution in [0.3, 0.4) is 0 Å². The van der Waals surface area contributed by atoms with Gasteiger partial charge in [0.05, 0.1) is 23.1 Å². The lowest BCUT2D eigenvalue weighted by Gasteiger charge is -2.03. The Hall–Kier alpha value is -1.40. The lowest BCUT2D eigenvalue weighted by atomic mass is 10.3. The van der Waals surface area contributed by atoms with Crippen LogP contribution in [0.15, 0.2) is 34.4 Å². The predicted molar refractivity (Wildman–Crippen MR) is 73.1 cm³/mol. The molecular formula is C11H9BrN4S. The smallest absolute Gasteiger partial charge is 0.201 e. The van der Waals surface area contributed by atoms with E-state index in [2.05, 4.69) is 25.9 Å². The van der Waals surface area contributed by atoms with E-state index in [0.717, 1.165) is 15.5 Å². The molecule has 2 N–H and O–H groups in total. The number of aromatic nitrogens is 3. The van der Waals surface area contributed by atoms with Gasteiger partial charge in [-0.2, -0.15) is 0 Å². The van der Waals surface area contributed by atoms with Gasteiger partial charge in [0.25, 0.3) is 0 Å². The lowest BCUT2D eigenvalue weighted by Crippen LogP contribution is -2.03. The summed E-state index contributed by atoms with van der Waals surface area (Å²) in [4.78, 5) is 9.58. The Morgan fingerprint density at radius 2 is 2.29 bits per heavy atom. The van der Waals surface area contributed by atoms with Crippen LogP contribution in [0.2, 0.25) is 0 Å². The fourth-order valence-corrected chi connectivity index (χ4v) is 2.70. The molecule has 0 bridgehead atoms. The van der Waals surface area contributed by atoms with E-state index in [0.29, 0.717) is 12.5 Å². The number of nitrogens with zero attached hydrogens (tertiary/aromatic N) is 3. The second-order valence-corrected chi connectivity index (χ2v) is 5.54. The van der Waals surface area contributed by atoms with Crippen LogP contribution in [-0.2, 0) is 6.54 Å². The zero-order chi connectivity index (χ0) is 11.8. The number of rotatable bonds is 2. The van der Waals surface area contributed by atoms with Crippen molar-refractivity contribution in [1.29, 1.82) is 0 Å². The monoisotopic (exact) mass is 308 g/mol. The number of imidazole rings is 1. The maximum absolute atomic E-state index is 5.94. The molecule has 2 heterocycles. The summed E-state index contributed by atoms with van der Waals surface area (Å²) in [5, 5.41) is 0. The highest BCUT2D eigenvalue weighted by Gasteiger charge is 2.09. The summed E-state index contributed by atoms with van der Waals surface area (Å²) >= 11 is 5.05.